The minimum Gasteiger partial charge on any atom is -0.481 e. The second-order valence-corrected chi connectivity index (χ2v) is 22.1. The Labute approximate surface area is 351 Å². The maximum atomic E-state index is 14.6. The molecule has 1 unspecified atom stereocenters. The number of nitrogens with one attached hydrogen (secondary N) is 1. The van der Waals surface area contributed by atoms with Crippen molar-refractivity contribution in [2.24, 2.45) is 50.7 Å². The van der Waals surface area contributed by atoms with Crippen LogP contribution in [0.2, 0.25) is 0 Å². The molecule has 1 heterocycles. The maximum absolute atomic E-state index is 14.6. The van der Waals surface area contributed by atoms with Crippen LogP contribution in [0.5, 0.6) is 0 Å². The van der Waals surface area contributed by atoms with Crippen molar-refractivity contribution in [3.63, 3.8) is 0 Å². The topological polar surface area (TPSA) is 120 Å². The summed E-state index contributed by atoms with van der Waals surface area (Å²) in [6.45, 7) is 23.1. The van der Waals surface area contributed by atoms with E-state index in [4.69, 9.17) is 16.3 Å². The average Bonchev–Trinajstić information content (AvgIpc) is 3.58. The summed E-state index contributed by atoms with van der Waals surface area (Å²) < 4.78 is 10.4. The molecule has 0 spiro atoms. The molecule has 8 atom stereocenters. The number of halogens is 1. The molecule has 0 amide bonds. The molecule has 4 saturated carbocycles. The third-order valence-electron chi connectivity index (χ3n) is 17.6. The maximum Gasteiger partial charge on any atom is 0.309 e. The molecule has 7 rings (SSSR count). The first-order chi connectivity index (χ1) is 27.0. The zero-order valence-corrected chi connectivity index (χ0v) is 38.0. The highest BCUT2D eigenvalue weighted by molar-refractivity contribution is 6.29. The number of hydrogen-bond donors (Lipinski definition) is 2. The Bertz CT molecular complexity index is 2050. The fourth-order valence-corrected chi connectivity index (χ4v) is 14.7. The number of likely N-dealkylation sites (N-methyl/N-ethyl adjacent to an activating group) is 1. The van der Waals surface area contributed by atoms with E-state index in [1.54, 1.807) is 13.8 Å². The molecule has 0 aromatic carbocycles. The molecule has 6 aliphatic rings. The molecular weight excluding hydrogens is 750 g/mol. The van der Waals surface area contributed by atoms with Crippen molar-refractivity contribution in [3.8, 4) is 0 Å². The zero-order chi connectivity index (χ0) is 42.5. The van der Waals surface area contributed by atoms with Crippen molar-refractivity contribution in [2.45, 2.75) is 164 Å². The lowest BCUT2D eigenvalue weighted by atomic mass is 9.33. The smallest absolute Gasteiger partial charge is 0.309 e. The van der Waals surface area contributed by atoms with Gasteiger partial charge in [-0.05, 0) is 155 Å². The van der Waals surface area contributed by atoms with Gasteiger partial charge in [0.05, 0.1) is 24.1 Å². The molecule has 1 aromatic rings. The lowest BCUT2D eigenvalue weighted by Crippen LogP contribution is -2.66. The number of aliphatic carboxylic acids is 1. The molecule has 0 radical (unpaired) electrons. The molecule has 10 heteroatoms. The Balaban J connectivity index is 1.28. The second-order valence-electron chi connectivity index (χ2n) is 21.6. The molecule has 0 bridgehead atoms. The van der Waals surface area contributed by atoms with E-state index in [0.717, 1.165) is 78.9 Å². The van der Waals surface area contributed by atoms with Gasteiger partial charge in [0.2, 0.25) is 0 Å². The number of esters is 1. The summed E-state index contributed by atoms with van der Waals surface area (Å²) in [5.41, 5.74) is 3.14. The summed E-state index contributed by atoms with van der Waals surface area (Å²) in [6.07, 6.45) is 13.1. The van der Waals surface area contributed by atoms with Gasteiger partial charge in [0.25, 0.3) is 5.56 Å². The van der Waals surface area contributed by atoms with Crippen LogP contribution in [-0.4, -0.2) is 51.9 Å². The van der Waals surface area contributed by atoms with Gasteiger partial charge in [0.1, 0.15) is 6.10 Å². The van der Waals surface area contributed by atoms with E-state index in [0.29, 0.717) is 44.2 Å². The highest BCUT2D eigenvalue weighted by atomic mass is 35.5. The quantitative estimate of drug-likeness (QED) is 0.226. The Morgan fingerprint density at radius 3 is 2.29 bits per heavy atom. The van der Waals surface area contributed by atoms with Crippen molar-refractivity contribution in [2.75, 3.05) is 13.6 Å². The number of carboxylic acids is 1. The second kappa shape index (κ2) is 14.6. The van der Waals surface area contributed by atoms with Crippen molar-refractivity contribution in [1.82, 2.24) is 14.7 Å². The van der Waals surface area contributed by atoms with Crippen molar-refractivity contribution in [3.05, 3.63) is 49.9 Å². The van der Waals surface area contributed by atoms with Crippen LogP contribution >= 0.6 is 11.6 Å². The van der Waals surface area contributed by atoms with E-state index < -0.39 is 22.8 Å². The normalized spacial score (nSPS) is 35.8. The first-order valence-corrected chi connectivity index (χ1v) is 22.6. The van der Waals surface area contributed by atoms with Crippen LogP contribution in [0.4, 0.5) is 0 Å². The van der Waals surface area contributed by atoms with Crippen molar-refractivity contribution >= 4 is 35.0 Å². The van der Waals surface area contributed by atoms with Gasteiger partial charge in [-0.2, -0.15) is 0 Å². The Hall–Kier alpha value is -2.91. The lowest BCUT2D eigenvalue weighted by Gasteiger charge is -2.72. The summed E-state index contributed by atoms with van der Waals surface area (Å²) in [4.78, 5) is 54.2. The van der Waals surface area contributed by atoms with E-state index >= 15 is 0 Å². The number of rotatable bonds is 10. The van der Waals surface area contributed by atoms with E-state index in [1.807, 2.05) is 30.8 Å². The number of ketones is 1. The van der Waals surface area contributed by atoms with Gasteiger partial charge in [0.15, 0.2) is 5.78 Å². The van der Waals surface area contributed by atoms with Gasteiger partial charge in [-0.3, -0.25) is 23.9 Å². The number of aromatic nitrogens is 2. The first kappa shape index (κ1) is 43.2. The van der Waals surface area contributed by atoms with Crippen LogP contribution in [0.15, 0.2) is 33.1 Å². The zero-order valence-electron chi connectivity index (χ0n) is 37.2. The van der Waals surface area contributed by atoms with Crippen molar-refractivity contribution < 1.29 is 24.2 Å². The minimum atomic E-state index is -1.18. The Morgan fingerprint density at radius 1 is 0.966 bits per heavy atom. The van der Waals surface area contributed by atoms with Crippen LogP contribution in [-0.2, 0) is 31.1 Å². The first-order valence-electron chi connectivity index (χ1n) is 22.3. The predicted molar refractivity (Wildman–Crippen MR) is 229 cm³/mol. The standard InChI is InChI=1S/C48H70ClN3O6/c1-28(2)38-33(53)26-48(40-29(3)41(55)52(51(40)25-24-50-11)31-14-12-30(49)13-15-31)23-22-46(9)32(39(38)48)16-17-35-45(8)20-19-36(58-37(54)27-43(4,5)42(56)57)44(6,7)34(45)18-21-47(35,46)10/h12,14,28,32,34-36,50H,13,15-27H2,1-11H3,(H,56,57)/t32-,34+,35-,36+,45+,46-,47-,48?/m1/s1. The van der Waals surface area contributed by atoms with Gasteiger partial charge in [-0.1, -0.05) is 60.1 Å². The molecule has 9 nitrogen and oxygen atoms in total. The SMILES string of the molecule is CNCCn1c(C23CC[C@]4(C)[C@H](CC[C@@H]5[C@@]6(C)CC[C@H](OC(=O)CC(C)(C)C(=O)O)C(C)(C)[C@@H]6CC[C@]54C)C2=C(C(C)C)C(=O)C3)c(C)c(=O)n1C1=CC=C(Cl)CC1. The molecular formula is C48H70ClN3O6. The van der Waals surface area contributed by atoms with Gasteiger partial charge in [-0.15, -0.1) is 0 Å². The van der Waals surface area contributed by atoms with Gasteiger partial charge in [-0.25, -0.2) is 4.68 Å². The number of ether oxygens (including phenoxy) is 1. The molecule has 6 aliphatic carbocycles. The van der Waals surface area contributed by atoms with Crippen LogP contribution < -0.4 is 10.9 Å². The van der Waals surface area contributed by atoms with Crippen LogP contribution in [0, 0.1) is 57.7 Å². The van der Waals surface area contributed by atoms with Crippen LogP contribution in [0.25, 0.3) is 5.70 Å². The van der Waals surface area contributed by atoms with Crippen LogP contribution in [0.3, 0.4) is 0 Å². The molecule has 4 fully saturated rings. The number of Topliss-reactive ketones (excluding diaryl/α,β-unsaturated/α-hetero) is 1. The number of carbonyl (C=O) groups excluding carboxylic acids is 2. The third-order valence-corrected chi connectivity index (χ3v) is 17.9. The summed E-state index contributed by atoms with van der Waals surface area (Å²) in [7, 11) is 1.95. The largest absolute Gasteiger partial charge is 0.481 e. The van der Waals surface area contributed by atoms with Crippen LogP contribution in [0.1, 0.15) is 151 Å². The van der Waals surface area contributed by atoms with E-state index in [1.165, 1.54) is 5.57 Å². The number of hydrogen-bond acceptors (Lipinski definition) is 6. The molecule has 1 aromatic heterocycles. The monoisotopic (exact) mass is 819 g/mol. The summed E-state index contributed by atoms with van der Waals surface area (Å²) in [5, 5.41) is 13.8. The molecule has 0 aliphatic heterocycles. The van der Waals surface area contributed by atoms with Gasteiger partial charge in [0, 0.05) is 40.1 Å². The highest BCUT2D eigenvalue weighted by Gasteiger charge is 2.71. The number of allylic oxidation sites excluding steroid dienone is 6. The third kappa shape index (κ3) is 6.23. The number of fused-ring (bicyclic) bond motifs is 7. The highest BCUT2D eigenvalue weighted by Crippen LogP contribution is 2.77. The molecule has 2 N–H and O–H groups in total. The lowest BCUT2D eigenvalue weighted by molar-refractivity contribution is -0.232. The molecule has 58 heavy (non-hydrogen) atoms. The Kier molecular flexibility index (Phi) is 10.9. The van der Waals surface area contributed by atoms with E-state index in [2.05, 4.69) is 58.5 Å². The Morgan fingerprint density at radius 2 is 1.67 bits per heavy atom. The average molecular weight is 821 g/mol. The van der Waals surface area contributed by atoms with E-state index in [9.17, 15) is 24.3 Å². The summed E-state index contributed by atoms with van der Waals surface area (Å²) in [5.74, 6) is -0.0480. The van der Waals surface area contributed by atoms with Gasteiger partial charge < -0.3 is 15.2 Å². The van der Waals surface area contributed by atoms with Crippen molar-refractivity contribution in [1.29, 1.82) is 0 Å². The minimum absolute atomic E-state index is 0.00712. The fraction of sp³-hybridized carbons (Fsp3) is 0.750. The molecule has 0 saturated heterocycles. The number of carbonyl (C=O) groups is 3. The van der Waals surface area contributed by atoms with E-state index in [-0.39, 0.29) is 57.4 Å². The predicted octanol–water partition coefficient (Wildman–Crippen LogP) is 9.58. The fourth-order valence-electron chi connectivity index (χ4n) is 14.5. The van der Waals surface area contributed by atoms with Gasteiger partial charge >= 0.3 is 11.9 Å². The summed E-state index contributed by atoms with van der Waals surface area (Å²) >= 11 is 6.41. The summed E-state index contributed by atoms with van der Waals surface area (Å²) in [6, 6.07) is 0. The molecule has 320 valence electrons. The number of carboxylic acid groups (broad SMARTS) is 1. The number of nitrogens with zero attached hydrogens (tertiary/aromatic N) is 2.